The second-order valence-electron chi connectivity index (χ2n) is 4.19. The molecule has 1 saturated heterocycles. The van der Waals surface area contributed by atoms with Gasteiger partial charge in [0.15, 0.2) is 0 Å². The van der Waals surface area contributed by atoms with Gasteiger partial charge >= 0.3 is 0 Å². The summed E-state index contributed by atoms with van der Waals surface area (Å²) in [6.07, 6.45) is 1.15. The Kier molecular flexibility index (Phi) is 7.63. The monoisotopic (exact) mass is 236 g/mol. The minimum absolute atomic E-state index is 0.898. The van der Waals surface area contributed by atoms with Gasteiger partial charge in [0.2, 0.25) is 0 Å². The van der Waals surface area contributed by atoms with E-state index in [1.54, 1.807) is 0 Å². The zero-order valence-electron chi connectivity index (χ0n) is 11.0. The Bertz CT molecular complexity index is 271. The smallest absolute Gasteiger partial charge is 0.0594 e. The fourth-order valence-electron chi connectivity index (χ4n) is 1.76. The van der Waals surface area contributed by atoms with Crippen LogP contribution in [0.4, 0.5) is 0 Å². The molecule has 1 aromatic carbocycles. The van der Waals surface area contributed by atoms with Crippen LogP contribution in [0.25, 0.3) is 0 Å². The Morgan fingerprint density at radius 1 is 1.12 bits per heavy atom. The maximum absolute atomic E-state index is 5.31. The first-order valence-corrected chi connectivity index (χ1v) is 6.29. The lowest BCUT2D eigenvalue weighted by Gasteiger charge is -2.26. The molecule has 0 unspecified atom stereocenters. The van der Waals surface area contributed by atoms with Crippen molar-refractivity contribution in [1.82, 2.24) is 10.2 Å². The van der Waals surface area contributed by atoms with Crippen molar-refractivity contribution in [3.05, 3.63) is 35.9 Å². The fourth-order valence-corrected chi connectivity index (χ4v) is 1.76. The standard InChI is InChI=1S/C12H17NO.C2H7N/c1-2-4-12(5-3-1)6-7-13-8-10-14-11-9-13;1-3-2/h1-5H,6-11H2;3H,1-2H3. The summed E-state index contributed by atoms with van der Waals surface area (Å²) in [5, 5.41) is 2.75. The molecule has 3 nitrogen and oxygen atoms in total. The van der Waals surface area contributed by atoms with Crippen LogP contribution in [0.2, 0.25) is 0 Å². The molecule has 2 rings (SSSR count). The number of hydrogen-bond donors (Lipinski definition) is 1. The lowest BCUT2D eigenvalue weighted by atomic mass is 10.1. The molecule has 0 spiro atoms. The van der Waals surface area contributed by atoms with Crippen molar-refractivity contribution in [3.8, 4) is 0 Å². The molecule has 0 aromatic heterocycles. The van der Waals surface area contributed by atoms with Gasteiger partial charge in [-0.2, -0.15) is 0 Å². The Labute approximate surface area is 105 Å². The number of rotatable bonds is 3. The zero-order valence-corrected chi connectivity index (χ0v) is 11.0. The minimum atomic E-state index is 0.898. The van der Waals surface area contributed by atoms with Crippen molar-refractivity contribution in [2.45, 2.75) is 6.42 Å². The van der Waals surface area contributed by atoms with Crippen LogP contribution in [-0.4, -0.2) is 51.8 Å². The van der Waals surface area contributed by atoms with E-state index in [0.717, 1.165) is 39.3 Å². The summed E-state index contributed by atoms with van der Waals surface area (Å²) in [5.41, 5.74) is 1.43. The maximum Gasteiger partial charge on any atom is 0.0594 e. The number of ether oxygens (including phenoxy) is 1. The molecule has 17 heavy (non-hydrogen) atoms. The van der Waals surface area contributed by atoms with Crippen molar-refractivity contribution < 1.29 is 4.74 Å². The Balaban J connectivity index is 0.000000437. The third-order valence-corrected chi connectivity index (χ3v) is 2.66. The molecular formula is C14H24N2O. The molecule has 96 valence electrons. The Morgan fingerprint density at radius 2 is 1.71 bits per heavy atom. The topological polar surface area (TPSA) is 24.5 Å². The molecule has 1 aromatic rings. The Hall–Kier alpha value is -0.900. The maximum atomic E-state index is 5.31. The molecule has 0 saturated carbocycles. The van der Waals surface area contributed by atoms with E-state index < -0.39 is 0 Å². The molecule has 1 aliphatic rings. The van der Waals surface area contributed by atoms with E-state index in [9.17, 15) is 0 Å². The number of nitrogens with zero attached hydrogens (tertiary/aromatic N) is 1. The third-order valence-electron chi connectivity index (χ3n) is 2.66. The predicted molar refractivity (Wildman–Crippen MR) is 72.4 cm³/mol. The van der Waals surface area contributed by atoms with Gasteiger partial charge in [-0.05, 0) is 26.1 Å². The van der Waals surface area contributed by atoms with Gasteiger partial charge < -0.3 is 10.1 Å². The van der Waals surface area contributed by atoms with Crippen molar-refractivity contribution in [1.29, 1.82) is 0 Å². The highest BCUT2D eigenvalue weighted by molar-refractivity contribution is 5.14. The lowest BCUT2D eigenvalue weighted by molar-refractivity contribution is 0.0384. The minimum Gasteiger partial charge on any atom is -0.379 e. The van der Waals surface area contributed by atoms with Gasteiger partial charge in [-0.25, -0.2) is 0 Å². The molecule has 0 bridgehead atoms. The summed E-state index contributed by atoms with van der Waals surface area (Å²) in [6.45, 7) is 5.14. The summed E-state index contributed by atoms with van der Waals surface area (Å²) in [6, 6.07) is 10.7. The molecule has 3 heteroatoms. The lowest BCUT2D eigenvalue weighted by Crippen LogP contribution is -2.37. The Morgan fingerprint density at radius 3 is 2.29 bits per heavy atom. The zero-order chi connectivity index (χ0) is 12.3. The average Bonchev–Trinajstić information content (AvgIpc) is 2.40. The van der Waals surface area contributed by atoms with Crippen molar-refractivity contribution in [2.24, 2.45) is 0 Å². The first-order valence-electron chi connectivity index (χ1n) is 6.29. The van der Waals surface area contributed by atoms with E-state index in [1.807, 2.05) is 14.1 Å². The first kappa shape index (κ1) is 14.2. The highest BCUT2D eigenvalue weighted by atomic mass is 16.5. The van der Waals surface area contributed by atoms with Crippen LogP contribution in [0.3, 0.4) is 0 Å². The molecular weight excluding hydrogens is 212 g/mol. The van der Waals surface area contributed by atoms with Crippen LogP contribution < -0.4 is 5.32 Å². The van der Waals surface area contributed by atoms with Crippen LogP contribution in [-0.2, 0) is 11.2 Å². The van der Waals surface area contributed by atoms with Crippen LogP contribution in [0.15, 0.2) is 30.3 Å². The summed E-state index contributed by atoms with van der Waals surface area (Å²) in [7, 11) is 3.75. The van der Waals surface area contributed by atoms with Gasteiger partial charge in [0.1, 0.15) is 0 Å². The van der Waals surface area contributed by atoms with Crippen LogP contribution in [0.5, 0.6) is 0 Å². The van der Waals surface area contributed by atoms with Gasteiger partial charge in [0.25, 0.3) is 0 Å². The van der Waals surface area contributed by atoms with E-state index in [4.69, 9.17) is 4.74 Å². The molecule has 1 N–H and O–H groups in total. The van der Waals surface area contributed by atoms with E-state index >= 15 is 0 Å². The predicted octanol–water partition coefficient (Wildman–Crippen LogP) is 1.40. The van der Waals surface area contributed by atoms with Gasteiger partial charge in [-0.3, -0.25) is 4.90 Å². The van der Waals surface area contributed by atoms with Crippen molar-refractivity contribution >= 4 is 0 Å². The summed E-state index contributed by atoms with van der Waals surface area (Å²) in [4.78, 5) is 2.47. The molecule has 0 aliphatic carbocycles. The average molecular weight is 236 g/mol. The highest BCUT2D eigenvalue weighted by Gasteiger charge is 2.09. The van der Waals surface area contributed by atoms with Crippen LogP contribution >= 0.6 is 0 Å². The van der Waals surface area contributed by atoms with Crippen molar-refractivity contribution in [2.75, 3.05) is 46.9 Å². The molecule has 1 fully saturated rings. The molecule has 0 atom stereocenters. The van der Waals surface area contributed by atoms with E-state index in [2.05, 4.69) is 40.5 Å². The van der Waals surface area contributed by atoms with Crippen molar-refractivity contribution in [3.63, 3.8) is 0 Å². The van der Waals surface area contributed by atoms with Gasteiger partial charge in [0, 0.05) is 19.6 Å². The molecule has 0 amide bonds. The van der Waals surface area contributed by atoms with Crippen LogP contribution in [0.1, 0.15) is 5.56 Å². The second-order valence-corrected chi connectivity index (χ2v) is 4.19. The summed E-state index contributed by atoms with van der Waals surface area (Å²) >= 11 is 0. The first-order chi connectivity index (χ1) is 8.36. The van der Waals surface area contributed by atoms with Gasteiger partial charge in [-0.1, -0.05) is 30.3 Å². The highest BCUT2D eigenvalue weighted by Crippen LogP contribution is 2.03. The van der Waals surface area contributed by atoms with E-state index in [0.29, 0.717) is 0 Å². The normalized spacial score (nSPS) is 16.1. The third kappa shape index (κ3) is 6.41. The van der Waals surface area contributed by atoms with E-state index in [-0.39, 0.29) is 0 Å². The van der Waals surface area contributed by atoms with Gasteiger partial charge in [0.05, 0.1) is 13.2 Å². The SMILES string of the molecule is CNC.c1ccc(CCN2CCOCC2)cc1. The van der Waals surface area contributed by atoms with E-state index in [1.165, 1.54) is 5.56 Å². The van der Waals surface area contributed by atoms with Crippen LogP contribution in [0, 0.1) is 0 Å². The summed E-state index contributed by atoms with van der Waals surface area (Å²) < 4.78 is 5.31. The number of morpholine rings is 1. The second kappa shape index (κ2) is 9.16. The molecule has 1 aliphatic heterocycles. The summed E-state index contributed by atoms with van der Waals surface area (Å²) in [5.74, 6) is 0. The molecule has 1 heterocycles. The molecule has 0 radical (unpaired) electrons. The number of nitrogens with one attached hydrogen (secondary N) is 1. The number of benzene rings is 1. The quantitative estimate of drug-likeness (QED) is 0.858. The fraction of sp³-hybridized carbons (Fsp3) is 0.571. The largest absolute Gasteiger partial charge is 0.379 e. The number of hydrogen-bond acceptors (Lipinski definition) is 3. The van der Waals surface area contributed by atoms with Gasteiger partial charge in [-0.15, -0.1) is 0 Å².